The average molecular weight is 301 g/mol. The number of aliphatic hydroxyl groups is 1. The Morgan fingerprint density at radius 3 is 2.70 bits per heavy atom. The zero-order chi connectivity index (χ0) is 15.1. The van der Waals surface area contributed by atoms with Gasteiger partial charge in [0.15, 0.2) is 5.69 Å². The van der Waals surface area contributed by atoms with E-state index in [9.17, 15) is 9.90 Å². The Balaban J connectivity index is 2.14. The third kappa shape index (κ3) is 2.82. The van der Waals surface area contributed by atoms with Gasteiger partial charge in [0.1, 0.15) is 0 Å². The number of β-amino-alcohol motifs (C(OH)–C–C–N with tert-alkyl or cyclic N) is 1. The predicted octanol–water partition coefficient (Wildman–Crippen LogP) is 0.521. The second-order valence-corrected chi connectivity index (χ2v) is 6.19. The summed E-state index contributed by atoms with van der Waals surface area (Å²) in [6.45, 7) is 3.19. The van der Waals surface area contributed by atoms with Crippen molar-refractivity contribution in [2.45, 2.75) is 18.9 Å². The van der Waals surface area contributed by atoms with E-state index in [0.717, 1.165) is 5.69 Å². The molecule has 2 rings (SSSR count). The number of carbonyl (C=O) groups is 1. The number of likely N-dealkylation sites (N-methyl/N-ethyl adjacent to an activating group) is 1. The highest BCUT2D eigenvalue weighted by atomic mass is 35.5. The molecule has 0 aromatic carbocycles. The highest BCUT2D eigenvalue weighted by Gasteiger charge is 2.39. The minimum absolute atomic E-state index is 0.214. The smallest absolute Gasteiger partial charge is 0.276 e. The van der Waals surface area contributed by atoms with Crippen LogP contribution in [0.5, 0.6) is 0 Å². The number of hydrogen-bond acceptors (Lipinski definition) is 4. The fraction of sp³-hybridized carbons (Fsp3) is 0.692. The Labute approximate surface area is 123 Å². The summed E-state index contributed by atoms with van der Waals surface area (Å²) in [6, 6.07) is 0. The zero-order valence-corrected chi connectivity index (χ0v) is 13.1. The average Bonchev–Trinajstić information content (AvgIpc) is 2.84. The molecule has 112 valence electrons. The van der Waals surface area contributed by atoms with Crippen molar-refractivity contribution < 1.29 is 9.90 Å². The lowest BCUT2D eigenvalue weighted by molar-refractivity contribution is 0.0235. The van der Waals surface area contributed by atoms with Crippen LogP contribution in [0.3, 0.4) is 0 Å². The summed E-state index contributed by atoms with van der Waals surface area (Å²) >= 11 is 6.14. The van der Waals surface area contributed by atoms with Gasteiger partial charge in [-0.3, -0.25) is 9.48 Å². The fourth-order valence-electron chi connectivity index (χ4n) is 2.62. The van der Waals surface area contributed by atoms with E-state index in [1.165, 1.54) is 0 Å². The molecule has 0 spiro atoms. The molecule has 1 N–H and O–H groups in total. The van der Waals surface area contributed by atoms with Crippen LogP contribution in [0.15, 0.2) is 0 Å². The monoisotopic (exact) mass is 300 g/mol. The number of nitrogens with zero attached hydrogens (tertiary/aromatic N) is 4. The van der Waals surface area contributed by atoms with E-state index in [1.807, 2.05) is 25.9 Å². The summed E-state index contributed by atoms with van der Waals surface area (Å²) < 4.78 is 1.59. The first kappa shape index (κ1) is 15.3. The highest BCUT2D eigenvalue weighted by molar-refractivity contribution is 6.34. The number of likely N-dealkylation sites (tertiary alicyclic amines) is 1. The molecule has 7 heteroatoms. The second kappa shape index (κ2) is 5.35. The lowest BCUT2D eigenvalue weighted by Crippen LogP contribution is -2.43. The summed E-state index contributed by atoms with van der Waals surface area (Å²) in [6.07, 6.45) is 0.570. The van der Waals surface area contributed by atoms with Crippen molar-refractivity contribution in [3.63, 3.8) is 0 Å². The van der Waals surface area contributed by atoms with Gasteiger partial charge in [0.2, 0.25) is 0 Å². The molecule has 0 saturated carbocycles. The zero-order valence-electron chi connectivity index (χ0n) is 12.4. The summed E-state index contributed by atoms with van der Waals surface area (Å²) in [5.74, 6) is -0.214. The molecule has 1 atom stereocenters. The van der Waals surface area contributed by atoms with Crippen LogP contribution in [-0.4, -0.2) is 69.9 Å². The Morgan fingerprint density at radius 2 is 2.20 bits per heavy atom. The highest BCUT2D eigenvalue weighted by Crippen LogP contribution is 2.26. The molecule has 6 nitrogen and oxygen atoms in total. The van der Waals surface area contributed by atoms with Crippen LogP contribution >= 0.6 is 11.6 Å². The van der Waals surface area contributed by atoms with Gasteiger partial charge in [-0.1, -0.05) is 11.6 Å². The molecule has 1 saturated heterocycles. The summed E-state index contributed by atoms with van der Waals surface area (Å²) in [5, 5.41) is 15.0. The lowest BCUT2D eigenvalue weighted by Gasteiger charge is -2.26. The van der Waals surface area contributed by atoms with Crippen molar-refractivity contribution in [2.24, 2.45) is 7.05 Å². The van der Waals surface area contributed by atoms with Crippen molar-refractivity contribution in [2.75, 3.05) is 33.7 Å². The molecule has 1 aromatic heterocycles. The van der Waals surface area contributed by atoms with E-state index >= 15 is 0 Å². The maximum atomic E-state index is 12.4. The van der Waals surface area contributed by atoms with E-state index < -0.39 is 5.60 Å². The molecule has 1 amide bonds. The second-order valence-electron chi connectivity index (χ2n) is 5.81. The topological polar surface area (TPSA) is 61.6 Å². The van der Waals surface area contributed by atoms with Gasteiger partial charge in [0.25, 0.3) is 5.91 Å². The van der Waals surface area contributed by atoms with Crippen molar-refractivity contribution >= 4 is 17.5 Å². The Morgan fingerprint density at radius 1 is 1.55 bits per heavy atom. The first-order valence-electron chi connectivity index (χ1n) is 6.59. The molecule has 1 aliphatic heterocycles. The van der Waals surface area contributed by atoms with Crippen molar-refractivity contribution in [3.05, 3.63) is 16.4 Å². The predicted molar refractivity (Wildman–Crippen MR) is 77.0 cm³/mol. The molecule has 0 aliphatic carbocycles. The third-order valence-electron chi connectivity index (χ3n) is 3.69. The van der Waals surface area contributed by atoms with E-state index in [0.29, 0.717) is 31.1 Å². The van der Waals surface area contributed by atoms with E-state index in [2.05, 4.69) is 5.10 Å². The van der Waals surface area contributed by atoms with Gasteiger partial charge >= 0.3 is 0 Å². The van der Waals surface area contributed by atoms with E-state index in [1.54, 1.807) is 16.6 Å². The quantitative estimate of drug-likeness (QED) is 0.884. The molecule has 0 unspecified atom stereocenters. The van der Waals surface area contributed by atoms with E-state index in [-0.39, 0.29) is 11.6 Å². The van der Waals surface area contributed by atoms with Crippen LogP contribution < -0.4 is 0 Å². The number of aryl methyl sites for hydroxylation is 1. The molecule has 0 bridgehead atoms. The number of halogens is 1. The molecule has 1 aromatic rings. The van der Waals surface area contributed by atoms with Crippen LogP contribution in [0.2, 0.25) is 5.02 Å². The van der Waals surface area contributed by atoms with Crippen molar-refractivity contribution in [1.29, 1.82) is 0 Å². The first-order valence-corrected chi connectivity index (χ1v) is 6.97. The Hall–Kier alpha value is -1.11. The molecule has 1 fully saturated rings. The third-order valence-corrected chi connectivity index (χ3v) is 4.15. The maximum absolute atomic E-state index is 12.4. The first-order chi connectivity index (χ1) is 9.23. The number of aromatic nitrogens is 2. The van der Waals surface area contributed by atoms with Crippen LogP contribution in [0.1, 0.15) is 22.6 Å². The largest absolute Gasteiger partial charge is 0.387 e. The van der Waals surface area contributed by atoms with Gasteiger partial charge in [-0.25, -0.2) is 0 Å². The SMILES string of the molecule is Cc1c(Cl)c(C(=O)N2CC[C@](O)(CN(C)C)C2)nn1C. The fourth-order valence-corrected chi connectivity index (χ4v) is 2.86. The Kier molecular flexibility index (Phi) is 4.09. The normalized spacial score (nSPS) is 22.9. The van der Waals surface area contributed by atoms with Gasteiger partial charge in [-0.05, 0) is 27.4 Å². The van der Waals surface area contributed by atoms with Crippen LogP contribution in [0.4, 0.5) is 0 Å². The minimum atomic E-state index is -0.852. The lowest BCUT2D eigenvalue weighted by atomic mass is 10.0. The standard InChI is InChI=1S/C13H21ClN4O2/c1-9-10(14)11(15-17(9)4)12(19)18-6-5-13(20,8-18)7-16(2)3/h20H,5-8H2,1-4H3/t13-/m0/s1. The van der Waals surface area contributed by atoms with Crippen LogP contribution in [0.25, 0.3) is 0 Å². The molecule has 20 heavy (non-hydrogen) atoms. The summed E-state index contributed by atoms with van der Waals surface area (Å²) in [5.41, 5.74) is 0.175. The molecule has 0 radical (unpaired) electrons. The Bertz CT molecular complexity index is 529. The molecule has 2 heterocycles. The van der Waals surface area contributed by atoms with Gasteiger partial charge < -0.3 is 14.9 Å². The van der Waals surface area contributed by atoms with Crippen LogP contribution in [0, 0.1) is 6.92 Å². The molecular formula is C13H21ClN4O2. The number of hydrogen-bond donors (Lipinski definition) is 1. The van der Waals surface area contributed by atoms with Gasteiger partial charge in [0, 0.05) is 20.1 Å². The van der Waals surface area contributed by atoms with Gasteiger partial charge in [-0.2, -0.15) is 5.10 Å². The minimum Gasteiger partial charge on any atom is -0.387 e. The van der Waals surface area contributed by atoms with Crippen LogP contribution in [-0.2, 0) is 7.05 Å². The van der Waals surface area contributed by atoms with E-state index in [4.69, 9.17) is 11.6 Å². The number of carbonyl (C=O) groups excluding carboxylic acids is 1. The summed E-state index contributed by atoms with van der Waals surface area (Å²) in [7, 11) is 5.56. The molecule has 1 aliphatic rings. The molecular weight excluding hydrogens is 280 g/mol. The number of amides is 1. The van der Waals surface area contributed by atoms with Crippen molar-refractivity contribution in [1.82, 2.24) is 19.6 Å². The summed E-state index contributed by atoms with van der Waals surface area (Å²) in [4.78, 5) is 16.0. The number of rotatable bonds is 3. The van der Waals surface area contributed by atoms with Crippen molar-refractivity contribution in [3.8, 4) is 0 Å². The van der Waals surface area contributed by atoms with Gasteiger partial charge in [-0.15, -0.1) is 0 Å². The maximum Gasteiger partial charge on any atom is 0.276 e. The van der Waals surface area contributed by atoms with Gasteiger partial charge in [0.05, 0.1) is 22.9 Å².